The molecular weight excluding hydrogens is 287 g/mol. The summed E-state index contributed by atoms with van der Waals surface area (Å²) < 4.78 is 21.6. The van der Waals surface area contributed by atoms with E-state index in [9.17, 15) is 9.36 Å². The number of benzene rings is 2. The molecule has 0 aromatic heterocycles. The summed E-state index contributed by atoms with van der Waals surface area (Å²) >= 11 is 0. The fourth-order valence-electron chi connectivity index (χ4n) is 1.97. The van der Waals surface area contributed by atoms with Crippen molar-refractivity contribution in [1.82, 2.24) is 0 Å². The minimum Gasteiger partial charge on any atom is -0.312 e. The maximum Gasteiger partial charge on any atom is 0.337 e. The molecular formula is C16H17O4P. The van der Waals surface area contributed by atoms with Crippen LogP contribution in [0.25, 0.3) is 11.1 Å². The van der Waals surface area contributed by atoms with Gasteiger partial charge >= 0.3 is 7.60 Å². The standard InChI is InChI=1S/C16H17O4P/c1-19-21(18,20-2)12-16(17)15-10-6-9-14(11-15)13-7-4-3-5-8-13/h3-11H,12H2,1-2H3. The molecule has 5 heteroatoms. The molecule has 0 saturated carbocycles. The van der Waals surface area contributed by atoms with Crippen molar-refractivity contribution in [2.75, 3.05) is 20.4 Å². The summed E-state index contributed by atoms with van der Waals surface area (Å²) in [6.07, 6.45) is -0.266. The summed E-state index contributed by atoms with van der Waals surface area (Å²) in [5.41, 5.74) is 2.45. The number of Topliss-reactive ketones (excluding diaryl/α,β-unsaturated/α-hetero) is 1. The van der Waals surface area contributed by atoms with Crippen LogP contribution >= 0.6 is 7.60 Å². The monoisotopic (exact) mass is 304 g/mol. The average Bonchev–Trinajstić information content (AvgIpc) is 2.55. The van der Waals surface area contributed by atoms with Gasteiger partial charge in [0.25, 0.3) is 0 Å². The van der Waals surface area contributed by atoms with Crippen LogP contribution in [0.5, 0.6) is 0 Å². The molecule has 2 aromatic carbocycles. The van der Waals surface area contributed by atoms with E-state index in [1.807, 2.05) is 36.4 Å². The zero-order valence-electron chi connectivity index (χ0n) is 12.0. The predicted molar refractivity (Wildman–Crippen MR) is 82.7 cm³/mol. The van der Waals surface area contributed by atoms with E-state index in [1.165, 1.54) is 14.2 Å². The highest BCUT2D eigenvalue weighted by Gasteiger charge is 2.26. The van der Waals surface area contributed by atoms with E-state index in [4.69, 9.17) is 9.05 Å². The second-order valence-corrected chi connectivity index (χ2v) is 6.77. The lowest BCUT2D eigenvalue weighted by Gasteiger charge is -2.12. The Balaban J connectivity index is 2.26. The number of ketones is 1. The van der Waals surface area contributed by atoms with E-state index in [2.05, 4.69) is 0 Å². The number of hydrogen-bond donors (Lipinski definition) is 0. The highest BCUT2D eigenvalue weighted by Crippen LogP contribution is 2.46. The molecule has 0 radical (unpaired) electrons. The summed E-state index contributed by atoms with van der Waals surface area (Å²) in [4.78, 5) is 12.2. The molecule has 0 unspecified atom stereocenters. The molecule has 2 rings (SSSR count). The quantitative estimate of drug-likeness (QED) is 0.597. The van der Waals surface area contributed by atoms with E-state index in [0.29, 0.717) is 5.56 Å². The molecule has 0 fully saturated rings. The van der Waals surface area contributed by atoms with Gasteiger partial charge in [-0.2, -0.15) is 0 Å². The van der Waals surface area contributed by atoms with Crippen LogP contribution < -0.4 is 0 Å². The molecule has 0 atom stereocenters. The molecule has 0 N–H and O–H groups in total. The lowest BCUT2D eigenvalue weighted by atomic mass is 10.0. The Hall–Kier alpha value is -1.74. The van der Waals surface area contributed by atoms with Gasteiger partial charge < -0.3 is 9.05 Å². The minimum atomic E-state index is -3.34. The molecule has 0 amide bonds. The van der Waals surface area contributed by atoms with Gasteiger partial charge in [0.15, 0.2) is 5.78 Å². The molecule has 0 spiro atoms. The van der Waals surface area contributed by atoms with Crippen molar-refractivity contribution in [3.63, 3.8) is 0 Å². The lowest BCUT2D eigenvalue weighted by Crippen LogP contribution is -2.08. The van der Waals surface area contributed by atoms with Gasteiger partial charge in [0, 0.05) is 19.8 Å². The van der Waals surface area contributed by atoms with Gasteiger partial charge in [-0.1, -0.05) is 48.5 Å². The van der Waals surface area contributed by atoms with Crippen LogP contribution in [-0.2, 0) is 13.6 Å². The van der Waals surface area contributed by atoms with Crippen molar-refractivity contribution in [2.24, 2.45) is 0 Å². The summed E-state index contributed by atoms with van der Waals surface area (Å²) in [7, 11) is -0.788. The maximum absolute atomic E-state index is 12.2. The molecule has 0 heterocycles. The second kappa shape index (κ2) is 6.81. The SMILES string of the molecule is COP(=O)(CC(=O)c1cccc(-c2ccccc2)c1)OC. The summed E-state index contributed by atoms with van der Waals surface area (Å²) in [5, 5.41) is 0. The Kier molecular flexibility index (Phi) is 5.07. The Bertz CT molecular complexity index is 659. The van der Waals surface area contributed by atoms with Gasteiger partial charge in [-0.05, 0) is 17.2 Å². The fourth-order valence-corrected chi connectivity index (χ4v) is 2.92. The highest BCUT2D eigenvalue weighted by molar-refractivity contribution is 7.54. The third kappa shape index (κ3) is 3.88. The molecule has 0 bridgehead atoms. The van der Waals surface area contributed by atoms with Crippen LogP contribution in [0.2, 0.25) is 0 Å². The smallest absolute Gasteiger partial charge is 0.312 e. The first-order valence-electron chi connectivity index (χ1n) is 6.47. The van der Waals surface area contributed by atoms with Crippen molar-refractivity contribution in [2.45, 2.75) is 0 Å². The first kappa shape index (κ1) is 15.6. The number of rotatable bonds is 6. The first-order valence-corrected chi connectivity index (χ1v) is 8.20. The Morgan fingerprint density at radius 1 is 0.952 bits per heavy atom. The van der Waals surface area contributed by atoms with Gasteiger partial charge in [-0.3, -0.25) is 9.36 Å². The largest absolute Gasteiger partial charge is 0.337 e. The van der Waals surface area contributed by atoms with Crippen LogP contribution in [0.15, 0.2) is 54.6 Å². The van der Waals surface area contributed by atoms with Crippen molar-refractivity contribution in [3.8, 4) is 11.1 Å². The molecule has 4 nitrogen and oxygen atoms in total. The van der Waals surface area contributed by atoms with Crippen molar-refractivity contribution >= 4 is 13.4 Å². The summed E-state index contributed by atoms with van der Waals surface area (Å²) in [5.74, 6) is -0.264. The van der Waals surface area contributed by atoms with Crippen LogP contribution in [0.3, 0.4) is 0 Å². The third-order valence-corrected chi connectivity index (χ3v) is 4.97. The van der Waals surface area contributed by atoms with Crippen LogP contribution in [0.1, 0.15) is 10.4 Å². The molecule has 0 aliphatic rings. The number of carbonyl (C=O) groups excluding carboxylic acids is 1. The average molecular weight is 304 g/mol. The van der Waals surface area contributed by atoms with E-state index in [0.717, 1.165) is 11.1 Å². The highest BCUT2D eigenvalue weighted by atomic mass is 31.2. The van der Waals surface area contributed by atoms with Crippen LogP contribution in [0.4, 0.5) is 0 Å². The topological polar surface area (TPSA) is 52.6 Å². The Morgan fingerprint density at radius 3 is 2.19 bits per heavy atom. The summed E-state index contributed by atoms with van der Waals surface area (Å²) in [6, 6.07) is 17.0. The van der Waals surface area contributed by atoms with Gasteiger partial charge in [-0.25, -0.2) is 0 Å². The van der Waals surface area contributed by atoms with E-state index in [1.54, 1.807) is 18.2 Å². The Labute approximate surface area is 124 Å². The first-order chi connectivity index (χ1) is 10.1. The molecule has 21 heavy (non-hydrogen) atoms. The van der Waals surface area contributed by atoms with Crippen molar-refractivity contribution in [3.05, 3.63) is 60.2 Å². The minimum absolute atomic E-state index is 0.264. The fraction of sp³-hybridized carbons (Fsp3) is 0.188. The lowest BCUT2D eigenvalue weighted by molar-refractivity contribution is 0.101. The van der Waals surface area contributed by atoms with Crippen LogP contribution in [0, 0.1) is 0 Å². The van der Waals surface area contributed by atoms with Gasteiger partial charge in [-0.15, -0.1) is 0 Å². The number of carbonyl (C=O) groups is 1. The molecule has 110 valence electrons. The second-order valence-electron chi connectivity index (χ2n) is 4.50. The van der Waals surface area contributed by atoms with E-state index < -0.39 is 7.60 Å². The molecule has 2 aromatic rings. The van der Waals surface area contributed by atoms with E-state index in [-0.39, 0.29) is 11.9 Å². The Morgan fingerprint density at radius 2 is 1.57 bits per heavy atom. The summed E-state index contributed by atoms with van der Waals surface area (Å²) in [6.45, 7) is 0. The van der Waals surface area contributed by atoms with Gasteiger partial charge in [0.1, 0.15) is 6.16 Å². The zero-order valence-corrected chi connectivity index (χ0v) is 12.9. The van der Waals surface area contributed by atoms with Gasteiger partial charge in [0.2, 0.25) is 0 Å². The molecule has 0 aliphatic carbocycles. The maximum atomic E-state index is 12.2. The van der Waals surface area contributed by atoms with E-state index >= 15 is 0 Å². The predicted octanol–water partition coefficient (Wildman–Crippen LogP) is 4.02. The normalized spacial score (nSPS) is 11.3. The van der Waals surface area contributed by atoms with Crippen LogP contribution in [-0.4, -0.2) is 26.2 Å². The number of hydrogen-bond acceptors (Lipinski definition) is 4. The zero-order chi connectivity index (χ0) is 15.3. The van der Waals surface area contributed by atoms with Crippen molar-refractivity contribution in [1.29, 1.82) is 0 Å². The third-order valence-electron chi connectivity index (χ3n) is 3.19. The van der Waals surface area contributed by atoms with Crippen molar-refractivity contribution < 1.29 is 18.4 Å². The molecule has 0 saturated heterocycles. The molecule has 0 aliphatic heterocycles. The van der Waals surface area contributed by atoms with Gasteiger partial charge in [0.05, 0.1) is 0 Å².